The number of ether oxygens (including phenoxy) is 1. The molecular formula is C16H29ClN4O2. The highest BCUT2D eigenvalue weighted by atomic mass is 35.5. The number of aromatic nitrogens is 2. The topological polar surface area (TPSA) is 68.2 Å². The minimum Gasteiger partial charge on any atom is -0.381 e. The van der Waals surface area contributed by atoms with E-state index in [1.807, 2.05) is 13.2 Å². The molecule has 1 aliphatic carbocycles. The molecule has 1 aliphatic rings. The van der Waals surface area contributed by atoms with E-state index in [1.54, 1.807) is 25.0 Å². The number of hydrogen-bond donors (Lipinski definition) is 2. The number of amides is 1. The van der Waals surface area contributed by atoms with E-state index in [9.17, 15) is 4.79 Å². The molecule has 0 aromatic carbocycles. The van der Waals surface area contributed by atoms with Gasteiger partial charge in [-0.2, -0.15) is 5.10 Å². The molecule has 2 N–H and O–H groups in total. The number of hydrogen-bond acceptors (Lipinski definition) is 4. The Bertz CT molecular complexity index is 516. The van der Waals surface area contributed by atoms with Crippen LogP contribution in [-0.2, 0) is 16.6 Å². The zero-order valence-corrected chi connectivity index (χ0v) is 15.4. The zero-order chi connectivity index (χ0) is 16.3. The van der Waals surface area contributed by atoms with Gasteiger partial charge in [-0.15, -0.1) is 12.4 Å². The lowest BCUT2D eigenvalue weighted by atomic mass is 9.58. The van der Waals surface area contributed by atoms with Gasteiger partial charge in [0.2, 0.25) is 5.91 Å². The van der Waals surface area contributed by atoms with E-state index in [1.165, 1.54) is 0 Å². The number of rotatable bonds is 7. The summed E-state index contributed by atoms with van der Waals surface area (Å²) in [5.74, 6) is 0.00123. The van der Waals surface area contributed by atoms with Crippen LogP contribution in [0.1, 0.15) is 44.7 Å². The van der Waals surface area contributed by atoms with Gasteiger partial charge >= 0.3 is 0 Å². The average Bonchev–Trinajstić information content (AvgIpc) is 2.91. The predicted octanol–water partition coefficient (Wildman–Crippen LogP) is 1.81. The summed E-state index contributed by atoms with van der Waals surface area (Å²) in [6.45, 7) is 4.34. The van der Waals surface area contributed by atoms with Gasteiger partial charge in [0.15, 0.2) is 0 Å². The van der Waals surface area contributed by atoms with E-state index in [0.29, 0.717) is 0 Å². The highest BCUT2D eigenvalue weighted by Gasteiger charge is 2.53. The van der Waals surface area contributed by atoms with E-state index >= 15 is 0 Å². The monoisotopic (exact) mass is 344 g/mol. The van der Waals surface area contributed by atoms with Gasteiger partial charge in [-0.25, -0.2) is 0 Å². The molecule has 1 heterocycles. The Morgan fingerprint density at radius 1 is 1.52 bits per heavy atom. The third kappa shape index (κ3) is 3.54. The molecule has 0 aliphatic heterocycles. The largest absolute Gasteiger partial charge is 0.381 e. The Morgan fingerprint density at radius 3 is 2.61 bits per heavy atom. The van der Waals surface area contributed by atoms with Crippen molar-refractivity contribution in [2.24, 2.45) is 12.5 Å². The molecule has 0 spiro atoms. The van der Waals surface area contributed by atoms with Crippen LogP contribution in [0.25, 0.3) is 0 Å². The Labute approximate surface area is 144 Å². The molecule has 6 nitrogen and oxygen atoms in total. The first-order valence-electron chi connectivity index (χ1n) is 8.01. The number of likely N-dealkylation sites (N-methyl/N-ethyl adjacent to an activating group) is 1. The molecule has 3 unspecified atom stereocenters. The van der Waals surface area contributed by atoms with Gasteiger partial charge in [0.1, 0.15) is 6.04 Å². The van der Waals surface area contributed by atoms with Gasteiger partial charge in [-0.05, 0) is 26.3 Å². The molecule has 132 valence electrons. The molecule has 2 rings (SSSR count). The van der Waals surface area contributed by atoms with Gasteiger partial charge < -0.3 is 15.4 Å². The molecular weight excluding hydrogens is 316 g/mol. The van der Waals surface area contributed by atoms with E-state index in [0.717, 1.165) is 24.8 Å². The predicted molar refractivity (Wildman–Crippen MR) is 92.6 cm³/mol. The Morgan fingerprint density at radius 2 is 2.17 bits per heavy atom. The number of aryl methyl sites for hydroxylation is 1. The molecule has 1 fully saturated rings. The Kier molecular flexibility index (Phi) is 7.04. The summed E-state index contributed by atoms with van der Waals surface area (Å²) in [6.07, 6.45) is 6.72. The summed E-state index contributed by atoms with van der Waals surface area (Å²) in [5, 5.41) is 10.4. The standard InChI is InChI=1S/C16H28N4O2.ClH/c1-6-16(7-2)12(8-13(16)22-5)19-15(21)14(17-3)11-9-18-20(4)10-11;/h9-10,12-14,17H,6-8H2,1-5H3,(H,19,21);1H. The molecule has 0 bridgehead atoms. The number of carbonyl (C=O) groups is 1. The summed E-state index contributed by atoms with van der Waals surface area (Å²) in [5.41, 5.74) is 0.932. The zero-order valence-electron chi connectivity index (χ0n) is 14.6. The average molecular weight is 345 g/mol. The first-order valence-corrected chi connectivity index (χ1v) is 8.01. The minimum atomic E-state index is -0.373. The summed E-state index contributed by atoms with van der Waals surface area (Å²) < 4.78 is 7.30. The van der Waals surface area contributed by atoms with E-state index < -0.39 is 0 Å². The molecule has 1 amide bonds. The van der Waals surface area contributed by atoms with E-state index in [2.05, 4.69) is 29.6 Å². The van der Waals surface area contributed by atoms with Crippen molar-refractivity contribution >= 4 is 18.3 Å². The molecule has 1 aromatic heterocycles. The SMILES string of the molecule is CCC1(CC)C(NC(=O)C(NC)c2cnn(C)c2)CC1OC.Cl. The summed E-state index contributed by atoms with van der Waals surface area (Å²) in [4.78, 5) is 12.7. The lowest BCUT2D eigenvalue weighted by molar-refractivity contribution is -0.142. The van der Waals surface area contributed by atoms with Gasteiger partial charge in [0.25, 0.3) is 0 Å². The van der Waals surface area contributed by atoms with Crippen molar-refractivity contribution in [2.75, 3.05) is 14.2 Å². The van der Waals surface area contributed by atoms with Gasteiger partial charge in [-0.1, -0.05) is 13.8 Å². The Balaban J connectivity index is 0.00000264. The first-order chi connectivity index (χ1) is 10.5. The van der Waals surface area contributed by atoms with Crippen LogP contribution in [0.3, 0.4) is 0 Å². The molecule has 0 radical (unpaired) electrons. The van der Waals surface area contributed by atoms with Crippen molar-refractivity contribution in [1.82, 2.24) is 20.4 Å². The van der Waals surface area contributed by atoms with Gasteiger partial charge in [0, 0.05) is 37.4 Å². The number of nitrogens with one attached hydrogen (secondary N) is 2. The van der Waals surface area contributed by atoms with Crippen LogP contribution in [0, 0.1) is 5.41 Å². The van der Waals surface area contributed by atoms with Crippen LogP contribution in [0.15, 0.2) is 12.4 Å². The summed E-state index contributed by atoms with van der Waals surface area (Å²) >= 11 is 0. The third-order valence-electron chi connectivity index (χ3n) is 5.31. The van der Waals surface area contributed by atoms with E-state index in [4.69, 9.17) is 4.74 Å². The van der Waals surface area contributed by atoms with Crippen LogP contribution in [0.5, 0.6) is 0 Å². The van der Waals surface area contributed by atoms with Crippen LogP contribution >= 0.6 is 12.4 Å². The van der Waals surface area contributed by atoms with Crippen LogP contribution < -0.4 is 10.6 Å². The van der Waals surface area contributed by atoms with E-state index in [-0.39, 0.29) is 41.9 Å². The van der Waals surface area contributed by atoms with Crippen molar-refractivity contribution in [1.29, 1.82) is 0 Å². The summed E-state index contributed by atoms with van der Waals surface area (Å²) in [7, 11) is 5.40. The van der Waals surface area contributed by atoms with Gasteiger partial charge in [0.05, 0.1) is 12.3 Å². The third-order valence-corrected chi connectivity index (χ3v) is 5.31. The fourth-order valence-corrected chi connectivity index (χ4v) is 3.77. The van der Waals surface area contributed by atoms with Crippen molar-refractivity contribution in [3.8, 4) is 0 Å². The molecule has 1 aromatic rings. The minimum absolute atomic E-state index is 0. The first kappa shape index (κ1) is 19.9. The van der Waals surface area contributed by atoms with Crippen molar-refractivity contribution in [3.05, 3.63) is 18.0 Å². The number of halogens is 1. The Hall–Kier alpha value is -1.11. The quantitative estimate of drug-likeness (QED) is 0.791. The fraction of sp³-hybridized carbons (Fsp3) is 0.750. The second-order valence-electron chi connectivity index (χ2n) is 6.13. The molecule has 3 atom stereocenters. The molecule has 0 saturated heterocycles. The molecule has 1 saturated carbocycles. The maximum atomic E-state index is 12.7. The molecule has 23 heavy (non-hydrogen) atoms. The van der Waals surface area contributed by atoms with Gasteiger partial charge in [-0.3, -0.25) is 9.48 Å². The smallest absolute Gasteiger partial charge is 0.242 e. The number of nitrogens with zero attached hydrogens (tertiary/aromatic N) is 2. The summed E-state index contributed by atoms with van der Waals surface area (Å²) in [6, 6.07) is -0.200. The maximum absolute atomic E-state index is 12.7. The maximum Gasteiger partial charge on any atom is 0.242 e. The normalized spacial score (nSPS) is 23.5. The lowest BCUT2D eigenvalue weighted by Gasteiger charge is -2.55. The highest BCUT2D eigenvalue weighted by Crippen LogP contribution is 2.48. The molecule has 7 heteroatoms. The lowest BCUT2D eigenvalue weighted by Crippen LogP contribution is -2.65. The van der Waals surface area contributed by atoms with Crippen LogP contribution in [0.4, 0.5) is 0 Å². The fourth-order valence-electron chi connectivity index (χ4n) is 3.77. The second-order valence-corrected chi connectivity index (χ2v) is 6.13. The van der Waals surface area contributed by atoms with Crippen molar-refractivity contribution in [2.45, 2.75) is 51.3 Å². The van der Waals surface area contributed by atoms with Crippen molar-refractivity contribution < 1.29 is 9.53 Å². The van der Waals surface area contributed by atoms with Crippen molar-refractivity contribution in [3.63, 3.8) is 0 Å². The number of carbonyl (C=O) groups excluding carboxylic acids is 1. The second kappa shape index (κ2) is 8.13. The number of methoxy groups -OCH3 is 1. The van der Waals surface area contributed by atoms with Crippen LogP contribution in [0.2, 0.25) is 0 Å². The van der Waals surface area contributed by atoms with Crippen LogP contribution in [-0.4, -0.2) is 42.0 Å². The highest BCUT2D eigenvalue weighted by molar-refractivity contribution is 5.85.